The van der Waals surface area contributed by atoms with Crippen molar-refractivity contribution >= 4 is 15.8 Å². The minimum absolute atomic E-state index is 0.0609. The zero-order valence-electron chi connectivity index (χ0n) is 10.3. The quantitative estimate of drug-likeness (QED) is 0.796. The molecule has 0 unspecified atom stereocenters. The lowest BCUT2D eigenvalue weighted by molar-refractivity contribution is 0.483. The molecule has 0 heterocycles. The molecule has 96 valence electrons. The normalized spacial score (nSPS) is 11.5. The highest BCUT2D eigenvalue weighted by Crippen LogP contribution is 2.18. The zero-order chi connectivity index (χ0) is 12.9. The Morgan fingerprint density at radius 2 is 1.53 bits per heavy atom. The van der Waals surface area contributed by atoms with Crippen LogP contribution in [0.2, 0.25) is 0 Å². The molecule has 0 aliphatic heterocycles. The summed E-state index contributed by atoms with van der Waals surface area (Å²) in [6, 6.07) is 6.33. The van der Waals surface area contributed by atoms with Crippen LogP contribution in [0.4, 0.5) is 5.69 Å². The largest absolute Gasteiger partial charge is 0.372 e. The second kappa shape index (κ2) is 6.02. The lowest BCUT2D eigenvalue weighted by Crippen LogP contribution is -2.24. The van der Waals surface area contributed by atoms with Crippen LogP contribution in [0.25, 0.3) is 0 Å². The Labute approximate surface area is 103 Å². The van der Waals surface area contributed by atoms with Crippen LogP contribution < -0.4 is 4.90 Å². The van der Waals surface area contributed by atoms with Crippen molar-refractivity contribution in [2.45, 2.75) is 31.6 Å². The van der Waals surface area contributed by atoms with E-state index < -0.39 is 10.1 Å². The maximum absolute atomic E-state index is 10.9. The van der Waals surface area contributed by atoms with E-state index in [1.165, 1.54) is 12.1 Å². The Hall–Kier alpha value is -1.07. The van der Waals surface area contributed by atoms with Gasteiger partial charge in [0.05, 0.1) is 4.90 Å². The van der Waals surface area contributed by atoms with Gasteiger partial charge in [0.2, 0.25) is 0 Å². The van der Waals surface area contributed by atoms with Crippen LogP contribution in [-0.2, 0) is 10.1 Å². The van der Waals surface area contributed by atoms with E-state index in [1.54, 1.807) is 12.1 Å². The second-order valence-electron chi connectivity index (χ2n) is 3.96. The first-order valence-electron chi connectivity index (χ1n) is 5.81. The minimum atomic E-state index is -4.09. The topological polar surface area (TPSA) is 57.6 Å². The van der Waals surface area contributed by atoms with Crippen LogP contribution in [0, 0.1) is 0 Å². The molecule has 1 rings (SSSR count). The highest BCUT2D eigenvalue weighted by Gasteiger charge is 2.10. The molecule has 0 amide bonds. The highest BCUT2D eigenvalue weighted by molar-refractivity contribution is 7.85. The van der Waals surface area contributed by atoms with Gasteiger partial charge in [0.1, 0.15) is 0 Å². The predicted molar refractivity (Wildman–Crippen MR) is 69.1 cm³/mol. The lowest BCUT2D eigenvalue weighted by atomic mass is 10.2. The second-order valence-corrected chi connectivity index (χ2v) is 5.38. The van der Waals surface area contributed by atoms with Crippen LogP contribution in [-0.4, -0.2) is 26.1 Å². The fourth-order valence-corrected chi connectivity index (χ4v) is 2.22. The van der Waals surface area contributed by atoms with E-state index in [0.29, 0.717) is 0 Å². The van der Waals surface area contributed by atoms with Crippen molar-refractivity contribution in [3.05, 3.63) is 24.3 Å². The molecule has 0 bridgehead atoms. The standard InChI is InChI=1S/C12H19NO3S/c1-3-9-13(10-4-2)11-5-7-12(8-6-11)17(14,15)16/h5-8H,3-4,9-10H2,1-2H3,(H,14,15,16). The lowest BCUT2D eigenvalue weighted by Gasteiger charge is -2.23. The van der Waals surface area contributed by atoms with E-state index in [9.17, 15) is 8.42 Å². The first kappa shape index (κ1) is 14.0. The number of hydrogen-bond donors (Lipinski definition) is 1. The number of hydrogen-bond acceptors (Lipinski definition) is 3. The van der Waals surface area contributed by atoms with Crippen LogP contribution in [0.5, 0.6) is 0 Å². The van der Waals surface area contributed by atoms with E-state index >= 15 is 0 Å². The maximum Gasteiger partial charge on any atom is 0.294 e. The molecule has 0 radical (unpaired) electrons. The van der Waals surface area contributed by atoms with Crippen LogP contribution >= 0.6 is 0 Å². The molecule has 0 aliphatic rings. The third-order valence-corrected chi connectivity index (χ3v) is 3.35. The van der Waals surface area contributed by atoms with Gasteiger partial charge in [-0.15, -0.1) is 0 Å². The molecule has 0 aliphatic carbocycles. The van der Waals surface area contributed by atoms with Gasteiger partial charge in [0.25, 0.3) is 10.1 Å². The third-order valence-electron chi connectivity index (χ3n) is 2.49. The monoisotopic (exact) mass is 257 g/mol. The Bertz CT molecular complexity index is 433. The number of benzene rings is 1. The molecular weight excluding hydrogens is 238 g/mol. The first-order valence-corrected chi connectivity index (χ1v) is 7.25. The van der Waals surface area contributed by atoms with Gasteiger partial charge in [-0.05, 0) is 37.1 Å². The summed E-state index contributed by atoms with van der Waals surface area (Å²) in [6.45, 7) is 6.10. The summed E-state index contributed by atoms with van der Waals surface area (Å²) < 4.78 is 30.7. The Kier molecular flexibility index (Phi) is 4.96. The van der Waals surface area contributed by atoms with E-state index in [1.807, 2.05) is 0 Å². The van der Waals surface area contributed by atoms with Gasteiger partial charge in [0, 0.05) is 18.8 Å². The molecule has 4 nitrogen and oxygen atoms in total. The van der Waals surface area contributed by atoms with Crippen molar-refractivity contribution in [3.63, 3.8) is 0 Å². The predicted octanol–water partition coefficient (Wildman–Crippen LogP) is 2.56. The molecule has 1 aromatic rings. The summed E-state index contributed by atoms with van der Waals surface area (Å²) in [6.07, 6.45) is 2.08. The highest BCUT2D eigenvalue weighted by atomic mass is 32.2. The van der Waals surface area contributed by atoms with Crippen LogP contribution in [0.15, 0.2) is 29.2 Å². The molecule has 0 saturated heterocycles. The van der Waals surface area contributed by atoms with Gasteiger partial charge in [-0.3, -0.25) is 4.55 Å². The summed E-state index contributed by atoms with van der Waals surface area (Å²) in [5, 5.41) is 0. The molecule has 0 aromatic heterocycles. The molecule has 1 N–H and O–H groups in total. The SMILES string of the molecule is CCCN(CCC)c1ccc(S(=O)(=O)O)cc1. The summed E-state index contributed by atoms with van der Waals surface area (Å²) >= 11 is 0. The summed E-state index contributed by atoms with van der Waals surface area (Å²) in [7, 11) is -4.09. The number of rotatable bonds is 6. The van der Waals surface area contributed by atoms with Crippen molar-refractivity contribution in [2.24, 2.45) is 0 Å². The summed E-state index contributed by atoms with van der Waals surface area (Å²) in [4.78, 5) is 2.14. The Morgan fingerprint density at radius 3 is 1.88 bits per heavy atom. The number of anilines is 1. The maximum atomic E-state index is 10.9. The van der Waals surface area contributed by atoms with Crippen molar-refractivity contribution in [3.8, 4) is 0 Å². The molecule has 0 saturated carbocycles. The average Bonchev–Trinajstić information content (AvgIpc) is 2.28. The van der Waals surface area contributed by atoms with E-state index in [2.05, 4.69) is 18.7 Å². The van der Waals surface area contributed by atoms with Gasteiger partial charge in [0.15, 0.2) is 0 Å². The van der Waals surface area contributed by atoms with Crippen LogP contribution in [0.1, 0.15) is 26.7 Å². The van der Waals surface area contributed by atoms with E-state index in [-0.39, 0.29) is 4.90 Å². The van der Waals surface area contributed by atoms with Gasteiger partial charge in [-0.25, -0.2) is 0 Å². The number of nitrogens with zero attached hydrogens (tertiary/aromatic N) is 1. The fraction of sp³-hybridized carbons (Fsp3) is 0.500. The summed E-state index contributed by atoms with van der Waals surface area (Å²) in [5.41, 5.74) is 0.987. The van der Waals surface area contributed by atoms with E-state index in [4.69, 9.17) is 4.55 Å². The Morgan fingerprint density at radius 1 is 1.06 bits per heavy atom. The smallest absolute Gasteiger partial charge is 0.294 e. The van der Waals surface area contributed by atoms with Gasteiger partial charge >= 0.3 is 0 Å². The molecule has 1 aromatic carbocycles. The van der Waals surface area contributed by atoms with Crippen molar-refractivity contribution in [2.75, 3.05) is 18.0 Å². The molecule has 17 heavy (non-hydrogen) atoms. The Balaban J connectivity index is 2.91. The van der Waals surface area contributed by atoms with E-state index in [0.717, 1.165) is 31.6 Å². The molecule has 0 spiro atoms. The minimum Gasteiger partial charge on any atom is -0.372 e. The third kappa shape index (κ3) is 4.02. The first-order chi connectivity index (χ1) is 7.99. The van der Waals surface area contributed by atoms with Crippen LogP contribution in [0.3, 0.4) is 0 Å². The van der Waals surface area contributed by atoms with Gasteiger partial charge in [-0.2, -0.15) is 8.42 Å². The summed E-state index contributed by atoms with van der Waals surface area (Å²) in [5.74, 6) is 0. The van der Waals surface area contributed by atoms with Crippen molar-refractivity contribution in [1.82, 2.24) is 0 Å². The zero-order valence-corrected chi connectivity index (χ0v) is 11.1. The molecule has 5 heteroatoms. The fourth-order valence-electron chi connectivity index (χ4n) is 1.74. The van der Waals surface area contributed by atoms with Crippen molar-refractivity contribution < 1.29 is 13.0 Å². The van der Waals surface area contributed by atoms with Gasteiger partial charge in [-0.1, -0.05) is 13.8 Å². The average molecular weight is 257 g/mol. The van der Waals surface area contributed by atoms with Crippen molar-refractivity contribution in [1.29, 1.82) is 0 Å². The van der Waals surface area contributed by atoms with Gasteiger partial charge < -0.3 is 4.90 Å². The molecular formula is C12H19NO3S. The molecule has 0 fully saturated rings. The molecule has 0 atom stereocenters.